The Hall–Kier alpha value is -4.48. The second-order valence-electron chi connectivity index (χ2n) is 15.5. The van der Waals surface area contributed by atoms with Crippen molar-refractivity contribution >= 4 is 69.2 Å². The van der Waals surface area contributed by atoms with Gasteiger partial charge in [-0.05, 0) is 72.6 Å². The molecule has 0 spiro atoms. The molecule has 0 fully saturated rings. The molecule has 0 bridgehead atoms. The van der Waals surface area contributed by atoms with Gasteiger partial charge in [0.25, 0.3) is 0 Å². The molecule has 6 N–H and O–H groups in total. The zero-order valence-electron chi connectivity index (χ0n) is 36.1. The standard InChI is InChI=1S/C46H59Cl2N5O9S/c1-4-30(2)40(42(49)63)52-44(55)46(17-16-38-36(28-46)35-26-33(47)27-37(48)41(35)50-38)53-43(54)39(51-45(56)62-29-32-8-6-5-7-9-32)15-12-31-10-13-34(14-11-31)61-25-24-60-23-22-59-21-20-58-19-18-57-3/h5-11,13-14,26-27,30,39-40,50H,4,12,15-25,28-29H2,1-3H3,(H2,49,63)(H,51,56)(H,52,55)(H,53,54)/t30?,39-,40-,46+/m0/s1. The maximum Gasteiger partial charge on any atom is 0.408 e. The predicted octanol–water partition coefficient (Wildman–Crippen LogP) is 6.64. The summed E-state index contributed by atoms with van der Waals surface area (Å²) in [6.45, 7) is 7.63. The Morgan fingerprint density at radius 1 is 0.889 bits per heavy atom. The van der Waals surface area contributed by atoms with E-state index < -0.39 is 35.5 Å². The third-order valence-corrected chi connectivity index (χ3v) is 11.8. The Morgan fingerprint density at radius 3 is 2.21 bits per heavy atom. The van der Waals surface area contributed by atoms with E-state index in [-0.39, 0.29) is 36.8 Å². The number of nitrogens with one attached hydrogen (secondary N) is 4. The number of aryl methyl sites for hydroxylation is 2. The number of aromatic nitrogens is 1. The Kier molecular flexibility index (Phi) is 19.8. The normalized spacial score (nSPS) is 16.1. The first-order chi connectivity index (χ1) is 30.4. The number of carbonyl (C=O) groups excluding carboxylic acids is 3. The molecule has 4 atom stereocenters. The number of H-pyrrole nitrogens is 1. The van der Waals surface area contributed by atoms with Gasteiger partial charge in [-0.1, -0.05) is 98.2 Å². The van der Waals surface area contributed by atoms with Gasteiger partial charge in [-0.3, -0.25) is 9.59 Å². The molecule has 17 heteroatoms. The first kappa shape index (κ1) is 49.5. The van der Waals surface area contributed by atoms with Gasteiger partial charge in [-0.2, -0.15) is 0 Å². The second-order valence-corrected chi connectivity index (χ2v) is 16.8. The largest absolute Gasteiger partial charge is 0.491 e. The molecular formula is C46H59Cl2N5O9S. The Bertz CT molecular complexity index is 2110. The number of nitrogens with two attached hydrogens (primary N) is 1. The van der Waals surface area contributed by atoms with E-state index in [0.29, 0.717) is 93.4 Å². The number of amides is 3. The zero-order chi connectivity index (χ0) is 45.2. The smallest absolute Gasteiger partial charge is 0.408 e. The molecule has 1 aliphatic carbocycles. The van der Waals surface area contributed by atoms with Crippen LogP contribution in [0.1, 0.15) is 55.5 Å². The van der Waals surface area contributed by atoms with Crippen LogP contribution in [0.2, 0.25) is 10.0 Å². The number of methoxy groups -OCH3 is 1. The SMILES string of the molecule is CCC(C)[C@H](NC(=O)[C@@]1(NC(=O)[C@H](CCc2ccc(OCCOCCOCCOCCOC)cc2)NC(=O)OCc2ccccc2)CCc2[nH]c3c(Cl)cc(Cl)cc3c2C1)C(N)=S. The van der Waals surface area contributed by atoms with Crippen molar-refractivity contribution in [1.29, 1.82) is 0 Å². The van der Waals surface area contributed by atoms with Crippen LogP contribution in [0.25, 0.3) is 10.9 Å². The summed E-state index contributed by atoms with van der Waals surface area (Å²) in [4.78, 5) is 46.2. The minimum Gasteiger partial charge on any atom is -0.491 e. The number of alkyl carbamates (subject to hydrolysis) is 1. The summed E-state index contributed by atoms with van der Waals surface area (Å²) < 4.78 is 32.8. The van der Waals surface area contributed by atoms with Crippen molar-refractivity contribution in [1.82, 2.24) is 20.9 Å². The highest BCUT2D eigenvalue weighted by Gasteiger charge is 2.46. The van der Waals surface area contributed by atoms with Gasteiger partial charge >= 0.3 is 6.09 Å². The average molecular weight is 929 g/mol. The fourth-order valence-corrected chi connectivity index (χ4v) is 8.13. The van der Waals surface area contributed by atoms with Gasteiger partial charge in [0.1, 0.15) is 30.5 Å². The van der Waals surface area contributed by atoms with Crippen LogP contribution in [0.3, 0.4) is 0 Å². The number of rotatable bonds is 26. The van der Waals surface area contributed by atoms with E-state index >= 15 is 0 Å². The van der Waals surface area contributed by atoms with Crippen LogP contribution in [0.4, 0.5) is 4.79 Å². The van der Waals surface area contributed by atoms with Crippen molar-refractivity contribution < 1.29 is 42.8 Å². The lowest BCUT2D eigenvalue weighted by Crippen LogP contribution is -2.66. The number of halogens is 2. The minimum absolute atomic E-state index is 0.00319. The molecule has 0 saturated carbocycles. The van der Waals surface area contributed by atoms with Gasteiger partial charge in [0.15, 0.2) is 0 Å². The van der Waals surface area contributed by atoms with E-state index in [1.807, 2.05) is 68.4 Å². The summed E-state index contributed by atoms with van der Waals surface area (Å²) >= 11 is 18.5. The molecule has 1 aliphatic rings. The molecule has 3 amide bonds. The molecule has 5 rings (SSSR count). The first-order valence-corrected chi connectivity index (χ1v) is 22.4. The molecule has 14 nitrogen and oxygen atoms in total. The Morgan fingerprint density at radius 2 is 1.56 bits per heavy atom. The van der Waals surface area contributed by atoms with Gasteiger partial charge < -0.3 is 55.1 Å². The van der Waals surface area contributed by atoms with Crippen molar-refractivity contribution in [3.05, 3.63) is 99.2 Å². The fourth-order valence-electron chi connectivity index (χ4n) is 7.30. The molecule has 1 unspecified atom stereocenters. The average Bonchev–Trinajstić information content (AvgIpc) is 3.64. The number of carbonyl (C=O) groups is 3. The second kappa shape index (κ2) is 25.1. The van der Waals surface area contributed by atoms with Crippen LogP contribution in [-0.4, -0.2) is 105 Å². The first-order valence-electron chi connectivity index (χ1n) is 21.2. The topological polar surface area (TPSA) is 184 Å². The van der Waals surface area contributed by atoms with E-state index in [2.05, 4.69) is 20.9 Å². The van der Waals surface area contributed by atoms with E-state index in [4.69, 9.17) is 69.6 Å². The van der Waals surface area contributed by atoms with Gasteiger partial charge in [-0.15, -0.1) is 0 Å². The highest BCUT2D eigenvalue weighted by Crippen LogP contribution is 2.38. The van der Waals surface area contributed by atoms with E-state index in [9.17, 15) is 14.4 Å². The molecule has 342 valence electrons. The lowest BCUT2D eigenvalue weighted by Gasteiger charge is -2.39. The lowest BCUT2D eigenvalue weighted by molar-refractivity contribution is -0.135. The van der Waals surface area contributed by atoms with Gasteiger partial charge in [0.2, 0.25) is 11.8 Å². The molecular weight excluding hydrogens is 870 g/mol. The number of benzene rings is 3. The summed E-state index contributed by atoms with van der Waals surface area (Å²) in [5.74, 6) is -0.421. The summed E-state index contributed by atoms with van der Waals surface area (Å²) in [6, 6.07) is 18.4. The number of fused-ring (bicyclic) bond motifs is 3. The third kappa shape index (κ3) is 14.8. The Labute approximate surface area is 384 Å². The minimum atomic E-state index is -1.47. The van der Waals surface area contributed by atoms with Crippen LogP contribution >= 0.6 is 35.4 Å². The predicted molar refractivity (Wildman–Crippen MR) is 248 cm³/mol. The summed E-state index contributed by atoms with van der Waals surface area (Å²) in [7, 11) is 1.63. The van der Waals surface area contributed by atoms with Gasteiger partial charge in [0, 0.05) is 29.6 Å². The summed E-state index contributed by atoms with van der Waals surface area (Å²) in [5.41, 5.74) is 8.76. The number of hydrogen-bond donors (Lipinski definition) is 5. The van der Waals surface area contributed by atoms with E-state index in [0.717, 1.165) is 27.8 Å². The Balaban J connectivity index is 1.28. The highest BCUT2D eigenvalue weighted by molar-refractivity contribution is 7.80. The number of aromatic amines is 1. The maximum atomic E-state index is 14.7. The van der Waals surface area contributed by atoms with Crippen molar-refractivity contribution in [3.8, 4) is 5.75 Å². The molecule has 1 heterocycles. The fraction of sp³-hybridized carbons (Fsp3) is 0.478. The molecule has 63 heavy (non-hydrogen) atoms. The molecule has 1 aromatic heterocycles. The molecule has 0 aliphatic heterocycles. The van der Waals surface area contributed by atoms with Gasteiger partial charge in [-0.25, -0.2) is 4.79 Å². The molecule has 3 aromatic carbocycles. The van der Waals surface area contributed by atoms with Crippen molar-refractivity contribution in [2.45, 2.75) is 76.6 Å². The maximum absolute atomic E-state index is 14.7. The number of ether oxygens (including phenoxy) is 6. The molecule has 0 saturated heterocycles. The van der Waals surface area contributed by atoms with Crippen molar-refractivity contribution in [2.24, 2.45) is 11.7 Å². The third-order valence-electron chi connectivity index (χ3n) is 11.0. The van der Waals surface area contributed by atoms with E-state index in [1.165, 1.54) is 0 Å². The zero-order valence-corrected chi connectivity index (χ0v) is 38.4. The lowest BCUT2D eigenvalue weighted by atomic mass is 9.78. The quantitative estimate of drug-likeness (QED) is 0.0336. The van der Waals surface area contributed by atoms with Gasteiger partial charge in [0.05, 0.1) is 67.8 Å². The van der Waals surface area contributed by atoms with Crippen LogP contribution < -0.4 is 26.4 Å². The van der Waals surface area contributed by atoms with Crippen LogP contribution in [-0.2, 0) is 59.1 Å². The van der Waals surface area contributed by atoms with Crippen LogP contribution in [0.15, 0.2) is 66.7 Å². The number of thiocarbonyl (C=S) groups is 1. The summed E-state index contributed by atoms with van der Waals surface area (Å²) in [5, 5.41) is 10.6. The monoisotopic (exact) mass is 927 g/mol. The highest BCUT2D eigenvalue weighted by atomic mass is 35.5. The molecule has 0 radical (unpaired) electrons. The van der Waals surface area contributed by atoms with Crippen LogP contribution in [0.5, 0.6) is 5.75 Å². The van der Waals surface area contributed by atoms with Crippen LogP contribution in [0, 0.1) is 5.92 Å². The number of hydrogen-bond acceptors (Lipinski definition) is 10. The van der Waals surface area contributed by atoms with Crippen molar-refractivity contribution in [3.63, 3.8) is 0 Å². The van der Waals surface area contributed by atoms with E-state index in [1.54, 1.807) is 19.2 Å². The van der Waals surface area contributed by atoms with Crippen molar-refractivity contribution in [2.75, 3.05) is 60.0 Å². The summed E-state index contributed by atoms with van der Waals surface area (Å²) in [6.07, 6.45) is 1.26. The molecule has 4 aromatic rings.